The van der Waals surface area contributed by atoms with Crippen LogP contribution in [0, 0.1) is 10.5 Å². The van der Waals surface area contributed by atoms with Gasteiger partial charge in [-0.15, -0.1) is 0 Å². The predicted molar refractivity (Wildman–Crippen MR) is 72.1 cm³/mol. The molecule has 0 bridgehead atoms. The molecule has 0 saturated carbocycles. The van der Waals surface area contributed by atoms with Crippen LogP contribution in [-0.2, 0) is 0 Å². The normalized spacial score (nSPS) is 10.2. The summed E-state index contributed by atoms with van der Waals surface area (Å²) < 4.78 is 0.881. The summed E-state index contributed by atoms with van der Waals surface area (Å²) in [6.07, 6.45) is 1.62. The average molecular weight is 343 g/mol. The van der Waals surface area contributed by atoms with E-state index in [0.29, 0.717) is 5.82 Å². The van der Waals surface area contributed by atoms with Gasteiger partial charge in [0.2, 0.25) is 0 Å². The van der Waals surface area contributed by atoms with E-state index in [4.69, 9.17) is 0 Å². The van der Waals surface area contributed by atoms with Crippen LogP contribution < -0.4 is 5.32 Å². The lowest BCUT2D eigenvalue weighted by atomic mass is 10.2. The van der Waals surface area contributed by atoms with Crippen LogP contribution in [0.3, 0.4) is 0 Å². The predicted octanol–water partition coefficient (Wildman–Crippen LogP) is 2.28. The molecular weight excluding hydrogens is 333 g/mol. The van der Waals surface area contributed by atoms with Crippen molar-refractivity contribution in [3.63, 3.8) is 0 Å². The molecule has 0 aliphatic heterocycles. The smallest absolute Gasteiger partial charge is 0.260 e. The van der Waals surface area contributed by atoms with Crippen molar-refractivity contribution in [2.45, 2.75) is 6.92 Å². The minimum Gasteiger partial charge on any atom is -0.507 e. The Bertz CT molecular complexity index is 566. The number of aromatic nitrogens is 2. The summed E-state index contributed by atoms with van der Waals surface area (Å²) in [4.78, 5) is 11.9. The number of carbonyl (C=O) groups excluding carboxylic acids is 1. The Morgan fingerprint density at radius 3 is 2.94 bits per heavy atom. The standard InChI is InChI=1S/C11H10IN3O2/c1-6-5-13-15-10(6)14-11(17)8-4-7(12)2-3-9(8)16/h2-5,16H,1H3,(H2,13,14,15,17). The number of aryl methyl sites for hydroxylation is 1. The molecule has 1 heterocycles. The van der Waals surface area contributed by atoms with Crippen molar-refractivity contribution in [3.05, 3.63) is 39.1 Å². The number of nitrogens with zero attached hydrogens (tertiary/aromatic N) is 1. The molecule has 0 unspecified atom stereocenters. The van der Waals surface area contributed by atoms with Crippen LogP contribution >= 0.6 is 22.6 Å². The molecule has 0 fully saturated rings. The maximum absolute atomic E-state index is 11.9. The van der Waals surface area contributed by atoms with Crippen LogP contribution in [0.1, 0.15) is 15.9 Å². The summed E-state index contributed by atoms with van der Waals surface area (Å²) in [6, 6.07) is 4.85. The van der Waals surface area contributed by atoms with Gasteiger partial charge in [-0.3, -0.25) is 9.89 Å². The van der Waals surface area contributed by atoms with Gasteiger partial charge in [-0.25, -0.2) is 0 Å². The fourth-order valence-electron chi connectivity index (χ4n) is 1.34. The number of H-pyrrole nitrogens is 1. The second-order valence-electron chi connectivity index (χ2n) is 3.54. The van der Waals surface area contributed by atoms with Gasteiger partial charge in [0.15, 0.2) is 0 Å². The second-order valence-corrected chi connectivity index (χ2v) is 4.79. The van der Waals surface area contributed by atoms with Crippen LogP contribution in [-0.4, -0.2) is 21.2 Å². The van der Waals surface area contributed by atoms with E-state index in [1.54, 1.807) is 18.3 Å². The van der Waals surface area contributed by atoms with Crippen molar-refractivity contribution in [1.82, 2.24) is 10.2 Å². The van der Waals surface area contributed by atoms with Crippen molar-refractivity contribution >= 4 is 34.3 Å². The Morgan fingerprint density at radius 2 is 2.29 bits per heavy atom. The first-order chi connectivity index (χ1) is 8.08. The van der Waals surface area contributed by atoms with E-state index in [0.717, 1.165) is 9.13 Å². The summed E-state index contributed by atoms with van der Waals surface area (Å²) in [7, 11) is 0. The monoisotopic (exact) mass is 343 g/mol. The molecule has 1 aromatic heterocycles. The molecule has 1 amide bonds. The summed E-state index contributed by atoms with van der Waals surface area (Å²) in [5.41, 5.74) is 1.08. The highest BCUT2D eigenvalue weighted by Gasteiger charge is 2.13. The lowest BCUT2D eigenvalue weighted by molar-refractivity contribution is 0.102. The van der Waals surface area contributed by atoms with Crippen molar-refractivity contribution < 1.29 is 9.90 Å². The fourth-order valence-corrected chi connectivity index (χ4v) is 1.84. The molecule has 6 heteroatoms. The van der Waals surface area contributed by atoms with Gasteiger partial charge < -0.3 is 10.4 Å². The van der Waals surface area contributed by atoms with Gasteiger partial charge in [-0.05, 0) is 47.7 Å². The highest BCUT2D eigenvalue weighted by atomic mass is 127. The number of aromatic amines is 1. The van der Waals surface area contributed by atoms with Gasteiger partial charge in [-0.1, -0.05) is 0 Å². The third-order valence-corrected chi connectivity index (χ3v) is 2.94. The fraction of sp³-hybridized carbons (Fsp3) is 0.0909. The number of nitrogens with one attached hydrogen (secondary N) is 2. The number of rotatable bonds is 2. The number of anilines is 1. The first kappa shape index (κ1) is 11.9. The molecule has 0 atom stereocenters. The van der Waals surface area contributed by atoms with Gasteiger partial charge in [0, 0.05) is 9.13 Å². The highest BCUT2D eigenvalue weighted by molar-refractivity contribution is 14.1. The SMILES string of the molecule is Cc1cn[nH]c1NC(=O)c1cc(I)ccc1O. The summed E-state index contributed by atoms with van der Waals surface area (Å²) >= 11 is 2.08. The molecule has 3 N–H and O–H groups in total. The van der Waals surface area contributed by atoms with Crippen molar-refractivity contribution in [2.75, 3.05) is 5.32 Å². The van der Waals surface area contributed by atoms with Gasteiger partial charge in [0.1, 0.15) is 11.6 Å². The molecule has 0 saturated heterocycles. The zero-order valence-corrected chi connectivity index (χ0v) is 11.1. The minimum atomic E-state index is -0.367. The zero-order valence-electron chi connectivity index (χ0n) is 8.99. The van der Waals surface area contributed by atoms with Gasteiger partial charge in [0.05, 0.1) is 11.8 Å². The Balaban J connectivity index is 2.26. The lowest BCUT2D eigenvalue weighted by Crippen LogP contribution is -2.13. The number of hydrogen-bond acceptors (Lipinski definition) is 3. The Morgan fingerprint density at radius 1 is 1.53 bits per heavy atom. The van der Waals surface area contributed by atoms with E-state index in [1.807, 2.05) is 6.92 Å². The maximum Gasteiger partial charge on any atom is 0.260 e. The maximum atomic E-state index is 11.9. The number of carbonyl (C=O) groups is 1. The summed E-state index contributed by atoms with van der Waals surface area (Å²) in [6.45, 7) is 1.83. The molecule has 0 aliphatic rings. The number of amides is 1. The Hall–Kier alpha value is -1.57. The van der Waals surface area contributed by atoms with Gasteiger partial charge >= 0.3 is 0 Å². The van der Waals surface area contributed by atoms with Crippen molar-refractivity contribution in [2.24, 2.45) is 0 Å². The van der Waals surface area contributed by atoms with Crippen LogP contribution in [0.5, 0.6) is 5.75 Å². The number of benzene rings is 1. The van der Waals surface area contributed by atoms with Crippen LogP contribution in [0.2, 0.25) is 0 Å². The van der Waals surface area contributed by atoms with Gasteiger partial charge in [-0.2, -0.15) is 5.10 Å². The quantitative estimate of drug-likeness (QED) is 0.732. The molecule has 0 aliphatic carbocycles. The molecule has 0 spiro atoms. The minimum absolute atomic E-state index is 0.0416. The number of phenolic OH excluding ortho intramolecular Hbond substituents is 1. The van der Waals surface area contributed by atoms with Crippen molar-refractivity contribution in [3.8, 4) is 5.75 Å². The van der Waals surface area contributed by atoms with Crippen LogP contribution in [0.15, 0.2) is 24.4 Å². The lowest BCUT2D eigenvalue weighted by Gasteiger charge is -2.06. The number of hydrogen-bond donors (Lipinski definition) is 3. The summed E-state index contributed by atoms with van der Waals surface area (Å²) in [5.74, 6) is 0.127. The molecule has 88 valence electrons. The Labute approximate surface area is 111 Å². The summed E-state index contributed by atoms with van der Waals surface area (Å²) in [5, 5.41) is 18.7. The van der Waals surface area contributed by atoms with E-state index in [1.165, 1.54) is 6.07 Å². The van der Waals surface area contributed by atoms with E-state index < -0.39 is 0 Å². The van der Waals surface area contributed by atoms with Crippen molar-refractivity contribution in [1.29, 1.82) is 0 Å². The Kier molecular flexibility index (Phi) is 3.32. The highest BCUT2D eigenvalue weighted by Crippen LogP contribution is 2.21. The topological polar surface area (TPSA) is 78.0 Å². The van der Waals surface area contributed by atoms with Gasteiger partial charge in [0.25, 0.3) is 5.91 Å². The zero-order chi connectivity index (χ0) is 12.4. The third-order valence-electron chi connectivity index (χ3n) is 2.27. The molecule has 2 aromatic rings. The molecule has 1 aromatic carbocycles. The number of phenols is 1. The van der Waals surface area contributed by atoms with Crippen LogP contribution in [0.25, 0.3) is 0 Å². The molecule has 17 heavy (non-hydrogen) atoms. The second kappa shape index (κ2) is 4.74. The molecular formula is C11H10IN3O2. The molecule has 0 radical (unpaired) electrons. The first-order valence-electron chi connectivity index (χ1n) is 4.88. The van der Waals surface area contributed by atoms with E-state index in [-0.39, 0.29) is 17.2 Å². The first-order valence-corrected chi connectivity index (χ1v) is 5.95. The average Bonchev–Trinajstić information content (AvgIpc) is 2.68. The van der Waals surface area contributed by atoms with Crippen LogP contribution in [0.4, 0.5) is 5.82 Å². The number of aromatic hydroxyl groups is 1. The van der Waals surface area contributed by atoms with E-state index in [9.17, 15) is 9.90 Å². The van der Waals surface area contributed by atoms with E-state index >= 15 is 0 Å². The molecule has 2 rings (SSSR count). The van der Waals surface area contributed by atoms with E-state index in [2.05, 4.69) is 38.1 Å². The molecule has 5 nitrogen and oxygen atoms in total. The third kappa shape index (κ3) is 2.57. The number of halogens is 1. The largest absolute Gasteiger partial charge is 0.507 e.